The molecule has 8 atom stereocenters. The predicted molar refractivity (Wildman–Crippen MR) is 122 cm³/mol. The van der Waals surface area contributed by atoms with E-state index in [1.807, 2.05) is 26.0 Å². The number of halogens is 1. The maximum Gasteiger partial charge on any atom is 0.308 e. The first-order chi connectivity index (χ1) is 14.1. The average molecular weight is 505 g/mol. The Labute approximate surface area is 195 Å². The van der Waals surface area contributed by atoms with E-state index in [1.54, 1.807) is 0 Å². The Hall–Kier alpha value is -1.22. The first-order valence-electron chi connectivity index (χ1n) is 11.0. The summed E-state index contributed by atoms with van der Waals surface area (Å²) < 4.78 is 5.84. The molecule has 0 fully saturated rings. The van der Waals surface area contributed by atoms with E-state index < -0.39 is 30.4 Å². The minimum Gasteiger partial charge on any atom is -0.481 e. The number of carboxylic acids is 1. The summed E-state index contributed by atoms with van der Waals surface area (Å²) in [6.45, 7) is 5.85. The molecule has 4 N–H and O–H groups in total. The fraction of sp³-hybridized carbons (Fsp3) is 0.739. The summed E-state index contributed by atoms with van der Waals surface area (Å²) in [5.41, 5.74) is 0.958. The molecule has 0 saturated heterocycles. The van der Waals surface area contributed by atoms with Crippen LogP contribution in [0.2, 0.25) is 0 Å². The Bertz CT molecular complexity index is 662. The normalized spacial score (nSPS) is 30.3. The molecule has 0 radical (unpaired) electrons. The summed E-state index contributed by atoms with van der Waals surface area (Å²) in [6.07, 6.45) is 4.64. The second kappa shape index (κ2) is 12.7. The van der Waals surface area contributed by atoms with Gasteiger partial charge >= 0.3 is 11.9 Å². The van der Waals surface area contributed by atoms with Crippen molar-refractivity contribution in [3.05, 3.63) is 23.8 Å². The van der Waals surface area contributed by atoms with Crippen molar-refractivity contribution in [2.45, 2.75) is 83.7 Å². The van der Waals surface area contributed by atoms with Crippen LogP contribution in [0.4, 0.5) is 0 Å². The average Bonchev–Trinajstić information content (AvgIpc) is 2.65. The summed E-state index contributed by atoms with van der Waals surface area (Å²) in [7, 11) is 0. The highest BCUT2D eigenvalue weighted by atomic mass is 79.9. The minimum atomic E-state index is -1.10. The van der Waals surface area contributed by atoms with Crippen LogP contribution in [0.15, 0.2) is 23.8 Å². The highest BCUT2D eigenvalue weighted by molar-refractivity contribution is 8.93. The van der Waals surface area contributed by atoms with Gasteiger partial charge in [0.1, 0.15) is 6.10 Å². The van der Waals surface area contributed by atoms with Crippen LogP contribution in [0.3, 0.4) is 0 Å². The van der Waals surface area contributed by atoms with Crippen LogP contribution in [0, 0.1) is 23.7 Å². The zero-order valence-corrected chi connectivity index (χ0v) is 20.2. The van der Waals surface area contributed by atoms with Crippen molar-refractivity contribution in [2.75, 3.05) is 0 Å². The van der Waals surface area contributed by atoms with E-state index in [0.717, 1.165) is 5.57 Å². The van der Waals surface area contributed by atoms with Crippen LogP contribution in [0.25, 0.3) is 0 Å². The molecule has 31 heavy (non-hydrogen) atoms. The number of hydrogen-bond acceptors (Lipinski definition) is 6. The quantitative estimate of drug-likeness (QED) is 0.337. The maximum atomic E-state index is 12.4. The minimum absolute atomic E-state index is 0. The molecular weight excluding hydrogens is 468 g/mol. The van der Waals surface area contributed by atoms with E-state index in [1.165, 1.54) is 0 Å². The molecule has 0 amide bonds. The monoisotopic (exact) mass is 504 g/mol. The Morgan fingerprint density at radius 3 is 2.55 bits per heavy atom. The van der Waals surface area contributed by atoms with Gasteiger partial charge in [0, 0.05) is 12.3 Å². The topological polar surface area (TPSA) is 124 Å². The molecule has 0 unspecified atom stereocenters. The van der Waals surface area contributed by atoms with Gasteiger partial charge in [0.25, 0.3) is 0 Å². The lowest BCUT2D eigenvalue weighted by Gasteiger charge is -2.43. The third-order valence-electron chi connectivity index (χ3n) is 6.44. The van der Waals surface area contributed by atoms with E-state index >= 15 is 0 Å². The van der Waals surface area contributed by atoms with Crippen molar-refractivity contribution in [1.82, 2.24) is 0 Å². The van der Waals surface area contributed by atoms with E-state index in [0.29, 0.717) is 25.7 Å². The van der Waals surface area contributed by atoms with E-state index in [-0.39, 0.29) is 59.5 Å². The predicted octanol–water partition coefficient (Wildman–Crippen LogP) is 3.02. The fourth-order valence-electron chi connectivity index (χ4n) is 4.52. The molecule has 2 rings (SSSR count). The summed E-state index contributed by atoms with van der Waals surface area (Å²) in [5.74, 6) is -1.31. The highest BCUT2D eigenvalue weighted by Crippen LogP contribution is 2.44. The summed E-state index contributed by atoms with van der Waals surface area (Å²) in [6, 6.07) is 0. The molecule has 2 aliphatic carbocycles. The number of fused-ring (bicyclic) bond motifs is 1. The molecule has 0 bridgehead atoms. The van der Waals surface area contributed by atoms with E-state index in [4.69, 9.17) is 9.84 Å². The zero-order valence-electron chi connectivity index (χ0n) is 18.5. The molecule has 8 heteroatoms. The molecule has 0 saturated carbocycles. The molecule has 2 aliphatic rings. The number of aliphatic hydroxyl groups is 3. The highest BCUT2D eigenvalue weighted by Gasteiger charge is 2.42. The third kappa shape index (κ3) is 8.00. The lowest BCUT2D eigenvalue weighted by Crippen LogP contribution is -2.43. The second-order valence-electron chi connectivity index (χ2n) is 8.88. The molecule has 0 aliphatic heterocycles. The Morgan fingerprint density at radius 1 is 1.26 bits per heavy atom. The van der Waals surface area contributed by atoms with Gasteiger partial charge in [-0.05, 0) is 43.1 Å². The van der Waals surface area contributed by atoms with Gasteiger partial charge in [-0.2, -0.15) is 0 Å². The van der Waals surface area contributed by atoms with Crippen LogP contribution in [-0.2, 0) is 14.3 Å². The molecule has 0 aromatic heterocycles. The molecule has 0 heterocycles. The van der Waals surface area contributed by atoms with Crippen molar-refractivity contribution < 1.29 is 34.8 Å². The molecule has 7 nitrogen and oxygen atoms in total. The first-order valence-corrected chi connectivity index (χ1v) is 11.0. The van der Waals surface area contributed by atoms with Crippen molar-refractivity contribution in [2.24, 2.45) is 23.7 Å². The lowest BCUT2D eigenvalue weighted by molar-refractivity contribution is -0.159. The second-order valence-corrected chi connectivity index (χ2v) is 8.88. The number of carbonyl (C=O) groups excluding carboxylic acids is 1. The number of carbonyl (C=O) groups is 2. The standard InChI is InChI=1S/C23H36O7.BrH/c1-4-13(2)23(29)30-20-11-17(25)9-15-6-5-14(3)19(22(15)20)8-7-16(24)10-18(26)12-21(27)28;/h5-6,9,13-14,16-20,22,24-26H,4,7-8,10-12H2,1-3H3,(H,27,28);1H/t13-,14-,16+,17+,18+,19-,20-,22-;/m0./s1. The number of hydrogen-bond donors (Lipinski definition) is 4. The summed E-state index contributed by atoms with van der Waals surface area (Å²) >= 11 is 0. The first kappa shape index (κ1) is 27.8. The van der Waals surface area contributed by atoms with Gasteiger partial charge in [-0.15, -0.1) is 17.0 Å². The smallest absolute Gasteiger partial charge is 0.308 e. The number of allylic oxidation sites excluding steroid dienone is 2. The molecular formula is C23H37BrO7. The number of aliphatic carboxylic acids is 1. The van der Waals surface area contributed by atoms with Gasteiger partial charge < -0.3 is 25.2 Å². The number of ether oxygens (including phenoxy) is 1. The SMILES string of the molecule is Br.CC[C@H](C)C(=O)O[C@H]1C[C@H](O)C=C2C=C[C@H](C)[C@H](CC[C@@H](O)C[C@@H](O)CC(=O)O)[C@H]21. The maximum absolute atomic E-state index is 12.4. The van der Waals surface area contributed by atoms with Gasteiger partial charge in [-0.3, -0.25) is 9.59 Å². The van der Waals surface area contributed by atoms with Crippen LogP contribution in [0.5, 0.6) is 0 Å². The molecule has 0 aromatic rings. The molecule has 178 valence electrons. The van der Waals surface area contributed by atoms with Crippen LogP contribution in [0.1, 0.15) is 59.3 Å². The Kier molecular flexibility index (Phi) is 11.4. The van der Waals surface area contributed by atoms with Gasteiger partial charge in [0.15, 0.2) is 0 Å². The Morgan fingerprint density at radius 2 is 1.94 bits per heavy atom. The lowest BCUT2D eigenvalue weighted by atomic mass is 9.66. The third-order valence-corrected chi connectivity index (χ3v) is 6.44. The van der Waals surface area contributed by atoms with Crippen molar-refractivity contribution in [3.8, 4) is 0 Å². The van der Waals surface area contributed by atoms with Gasteiger partial charge in [0.05, 0.1) is 30.7 Å². The number of aliphatic hydroxyl groups excluding tert-OH is 3. The zero-order chi connectivity index (χ0) is 22.4. The molecule has 0 spiro atoms. The number of esters is 1. The summed E-state index contributed by atoms with van der Waals surface area (Å²) in [5, 5.41) is 39.1. The van der Waals surface area contributed by atoms with Crippen LogP contribution >= 0.6 is 17.0 Å². The molecule has 0 aromatic carbocycles. The van der Waals surface area contributed by atoms with Crippen LogP contribution < -0.4 is 0 Å². The summed E-state index contributed by atoms with van der Waals surface area (Å²) in [4.78, 5) is 23.1. The van der Waals surface area contributed by atoms with Crippen LogP contribution in [-0.4, -0.2) is 56.8 Å². The van der Waals surface area contributed by atoms with Crippen molar-refractivity contribution >= 4 is 28.9 Å². The number of rotatable bonds is 10. The van der Waals surface area contributed by atoms with E-state index in [2.05, 4.69) is 13.0 Å². The van der Waals surface area contributed by atoms with Gasteiger partial charge in [0.2, 0.25) is 0 Å². The van der Waals surface area contributed by atoms with E-state index in [9.17, 15) is 24.9 Å². The Balaban J connectivity index is 0.00000480. The van der Waals surface area contributed by atoms with Gasteiger partial charge in [-0.25, -0.2) is 0 Å². The number of carboxylic acid groups (broad SMARTS) is 1. The van der Waals surface area contributed by atoms with Crippen molar-refractivity contribution in [3.63, 3.8) is 0 Å². The largest absolute Gasteiger partial charge is 0.481 e. The van der Waals surface area contributed by atoms with Crippen molar-refractivity contribution in [1.29, 1.82) is 0 Å². The fourth-order valence-corrected chi connectivity index (χ4v) is 4.52. The van der Waals surface area contributed by atoms with Gasteiger partial charge in [-0.1, -0.05) is 39.0 Å².